The zero-order chi connectivity index (χ0) is 13.2. The van der Waals surface area contributed by atoms with Crippen molar-refractivity contribution in [2.24, 2.45) is 5.41 Å². The Kier molecular flexibility index (Phi) is 2.27. The first kappa shape index (κ1) is 11.7. The number of benzene rings is 1. The van der Waals surface area contributed by atoms with Gasteiger partial charge in [-0.3, -0.25) is 0 Å². The topological polar surface area (TPSA) is 23.8 Å². The zero-order valence-electron chi connectivity index (χ0n) is 10.5. The summed E-state index contributed by atoms with van der Waals surface area (Å²) in [4.78, 5) is 0. The van der Waals surface area contributed by atoms with E-state index < -0.39 is 0 Å². The van der Waals surface area contributed by atoms with E-state index in [0.717, 1.165) is 30.4 Å². The summed E-state index contributed by atoms with van der Waals surface area (Å²) in [6.45, 7) is 0. The lowest BCUT2D eigenvalue weighted by Crippen LogP contribution is -2.08. The number of nitrogens with zero attached hydrogens (tertiary/aromatic N) is 1. The van der Waals surface area contributed by atoms with Crippen LogP contribution >= 0.6 is 15.9 Å². The third-order valence-electron chi connectivity index (χ3n) is 5.03. The van der Waals surface area contributed by atoms with Gasteiger partial charge in [0, 0.05) is 0 Å². The zero-order valence-corrected chi connectivity index (χ0v) is 12.1. The van der Waals surface area contributed by atoms with E-state index in [0.29, 0.717) is 15.5 Å². The maximum absolute atomic E-state index is 14.0. The standard InChI is InChI=1S/C16H13BrFN/c17-15-13(18)6-10(8-19)11-5-9-1-2-16(3-4-16)7-12(9)14(11)15/h6H,1-5,7H2. The summed E-state index contributed by atoms with van der Waals surface area (Å²) in [5, 5.41) is 9.22. The number of halogens is 2. The molecule has 0 heterocycles. The molecule has 96 valence electrons. The fourth-order valence-corrected chi connectivity index (χ4v) is 4.29. The van der Waals surface area contributed by atoms with Crippen LogP contribution in [0.4, 0.5) is 4.39 Å². The molecule has 0 saturated heterocycles. The molecular formula is C16H13BrFN. The first-order valence-electron chi connectivity index (χ1n) is 6.76. The predicted molar refractivity (Wildman–Crippen MR) is 75.0 cm³/mol. The lowest BCUT2D eigenvalue weighted by molar-refractivity contribution is 0.459. The van der Waals surface area contributed by atoms with Gasteiger partial charge >= 0.3 is 0 Å². The second-order valence-electron chi connectivity index (χ2n) is 6.12. The van der Waals surface area contributed by atoms with Gasteiger partial charge in [-0.2, -0.15) is 5.26 Å². The van der Waals surface area contributed by atoms with Crippen LogP contribution in [0.2, 0.25) is 0 Å². The van der Waals surface area contributed by atoms with Crippen LogP contribution in [0.3, 0.4) is 0 Å². The number of hydrogen-bond donors (Lipinski definition) is 0. The van der Waals surface area contributed by atoms with Crippen LogP contribution < -0.4 is 0 Å². The normalized spacial score (nSPS) is 22.2. The minimum atomic E-state index is -0.306. The molecule has 3 aliphatic rings. The van der Waals surface area contributed by atoms with Crippen molar-refractivity contribution in [3.05, 3.63) is 38.6 Å². The van der Waals surface area contributed by atoms with Crippen LogP contribution in [0.15, 0.2) is 16.1 Å². The van der Waals surface area contributed by atoms with E-state index in [1.807, 2.05) is 0 Å². The molecule has 0 aliphatic heterocycles. The van der Waals surface area contributed by atoms with E-state index in [2.05, 4.69) is 22.0 Å². The Hall–Kier alpha value is -1.14. The Morgan fingerprint density at radius 3 is 2.79 bits per heavy atom. The van der Waals surface area contributed by atoms with Crippen LogP contribution in [0.1, 0.15) is 48.8 Å². The third kappa shape index (κ3) is 1.56. The number of rotatable bonds is 0. The van der Waals surface area contributed by atoms with Gasteiger partial charge in [-0.05, 0) is 82.6 Å². The molecule has 1 aromatic rings. The van der Waals surface area contributed by atoms with E-state index in [1.165, 1.54) is 36.5 Å². The lowest BCUT2D eigenvalue weighted by Gasteiger charge is -2.24. The molecule has 1 spiro atoms. The molecule has 1 aromatic carbocycles. The van der Waals surface area contributed by atoms with Crippen molar-refractivity contribution in [3.8, 4) is 6.07 Å². The fourth-order valence-electron chi connectivity index (χ4n) is 3.69. The van der Waals surface area contributed by atoms with E-state index in [4.69, 9.17) is 0 Å². The number of hydrogen-bond acceptors (Lipinski definition) is 1. The largest absolute Gasteiger partial charge is 0.206 e. The Morgan fingerprint density at radius 2 is 2.11 bits per heavy atom. The van der Waals surface area contributed by atoms with E-state index in [-0.39, 0.29) is 5.82 Å². The van der Waals surface area contributed by atoms with Crippen molar-refractivity contribution in [3.63, 3.8) is 0 Å². The van der Waals surface area contributed by atoms with Gasteiger partial charge < -0.3 is 0 Å². The highest BCUT2D eigenvalue weighted by molar-refractivity contribution is 9.10. The van der Waals surface area contributed by atoms with Crippen molar-refractivity contribution in [1.29, 1.82) is 5.26 Å². The highest BCUT2D eigenvalue weighted by Gasteiger charge is 2.47. The summed E-state index contributed by atoms with van der Waals surface area (Å²) in [5.74, 6) is -0.306. The smallest absolute Gasteiger partial charge is 0.139 e. The highest BCUT2D eigenvalue weighted by Crippen LogP contribution is 2.61. The second kappa shape index (κ2) is 3.70. The summed E-state index contributed by atoms with van der Waals surface area (Å²) in [5.41, 5.74) is 5.84. The fraction of sp³-hybridized carbons (Fsp3) is 0.438. The van der Waals surface area contributed by atoms with E-state index >= 15 is 0 Å². The van der Waals surface area contributed by atoms with Gasteiger partial charge in [-0.15, -0.1) is 0 Å². The minimum Gasteiger partial charge on any atom is -0.206 e. The Morgan fingerprint density at radius 1 is 1.32 bits per heavy atom. The Labute approximate surface area is 120 Å². The van der Waals surface area contributed by atoms with E-state index in [1.54, 1.807) is 0 Å². The average Bonchev–Trinajstić information content (AvgIpc) is 3.04. The van der Waals surface area contributed by atoms with Crippen LogP contribution in [0, 0.1) is 22.6 Å². The number of allylic oxidation sites excluding steroid dienone is 2. The molecule has 0 bridgehead atoms. The van der Waals surface area contributed by atoms with E-state index in [9.17, 15) is 9.65 Å². The van der Waals surface area contributed by atoms with Crippen LogP contribution in [0.5, 0.6) is 0 Å². The van der Waals surface area contributed by atoms with Crippen molar-refractivity contribution < 1.29 is 4.39 Å². The quantitative estimate of drug-likeness (QED) is 0.678. The molecule has 1 nitrogen and oxygen atoms in total. The van der Waals surface area contributed by atoms with Gasteiger partial charge in [-0.1, -0.05) is 5.57 Å². The Balaban J connectivity index is 1.91. The molecule has 0 unspecified atom stereocenters. The summed E-state index contributed by atoms with van der Waals surface area (Å²) in [6.07, 6.45) is 6.98. The number of fused-ring (bicyclic) bond motifs is 2. The summed E-state index contributed by atoms with van der Waals surface area (Å²) < 4.78 is 14.5. The molecule has 3 aliphatic carbocycles. The molecule has 0 radical (unpaired) electrons. The predicted octanol–water partition coefficient (Wildman–Crippen LogP) is 4.73. The first-order valence-corrected chi connectivity index (χ1v) is 7.55. The lowest BCUT2D eigenvalue weighted by atomic mass is 9.81. The summed E-state index contributed by atoms with van der Waals surface area (Å²) in [6, 6.07) is 3.52. The third-order valence-corrected chi connectivity index (χ3v) is 5.81. The van der Waals surface area contributed by atoms with Gasteiger partial charge in [0.1, 0.15) is 5.82 Å². The average molecular weight is 318 g/mol. The number of nitriles is 1. The molecule has 1 fully saturated rings. The van der Waals surface area contributed by atoms with Crippen LogP contribution in [-0.2, 0) is 6.42 Å². The van der Waals surface area contributed by atoms with Gasteiger partial charge in [-0.25, -0.2) is 4.39 Å². The molecule has 0 amide bonds. The maximum Gasteiger partial charge on any atom is 0.139 e. The highest BCUT2D eigenvalue weighted by atomic mass is 79.9. The SMILES string of the molecule is N#Cc1cc(F)c(Br)c2c1CC1=C2CC2(CC1)CC2. The molecule has 0 aromatic heterocycles. The molecule has 0 atom stereocenters. The van der Waals surface area contributed by atoms with Crippen molar-refractivity contribution in [2.75, 3.05) is 0 Å². The van der Waals surface area contributed by atoms with Gasteiger partial charge in [0.15, 0.2) is 0 Å². The van der Waals surface area contributed by atoms with Gasteiger partial charge in [0.2, 0.25) is 0 Å². The first-order chi connectivity index (χ1) is 9.13. The summed E-state index contributed by atoms with van der Waals surface area (Å²) >= 11 is 3.40. The maximum atomic E-state index is 14.0. The monoisotopic (exact) mass is 317 g/mol. The molecule has 19 heavy (non-hydrogen) atoms. The molecular weight excluding hydrogens is 305 g/mol. The molecule has 3 heteroatoms. The van der Waals surface area contributed by atoms with Crippen LogP contribution in [0.25, 0.3) is 5.57 Å². The Bertz CT molecular complexity index is 677. The summed E-state index contributed by atoms with van der Waals surface area (Å²) in [7, 11) is 0. The van der Waals surface area contributed by atoms with Crippen molar-refractivity contribution in [2.45, 2.75) is 38.5 Å². The minimum absolute atomic E-state index is 0.306. The second-order valence-corrected chi connectivity index (χ2v) is 6.91. The van der Waals surface area contributed by atoms with Crippen molar-refractivity contribution >= 4 is 21.5 Å². The van der Waals surface area contributed by atoms with Gasteiger partial charge in [0.25, 0.3) is 0 Å². The van der Waals surface area contributed by atoms with Gasteiger partial charge in [0.05, 0.1) is 16.1 Å². The molecule has 0 N–H and O–H groups in total. The molecule has 1 saturated carbocycles. The van der Waals surface area contributed by atoms with Crippen LogP contribution in [-0.4, -0.2) is 0 Å². The molecule has 4 rings (SSSR count). The van der Waals surface area contributed by atoms with Crippen molar-refractivity contribution in [1.82, 2.24) is 0 Å².